The first-order valence-corrected chi connectivity index (χ1v) is 4.88. The van der Waals surface area contributed by atoms with Gasteiger partial charge >= 0.3 is 0 Å². The molecule has 1 aromatic carbocycles. The van der Waals surface area contributed by atoms with E-state index in [1.54, 1.807) is 0 Å². The van der Waals surface area contributed by atoms with Gasteiger partial charge in [0.2, 0.25) is 0 Å². The van der Waals surface area contributed by atoms with Crippen LogP contribution in [0.25, 0.3) is 0 Å². The molecule has 1 heteroatoms. The zero-order valence-electron chi connectivity index (χ0n) is 7.97. The summed E-state index contributed by atoms with van der Waals surface area (Å²) in [5.74, 6) is 6.68. The first kappa shape index (κ1) is 10.2. The monoisotopic (exact) mass is 192 g/mol. The Hall–Kier alpha value is -0.930. The summed E-state index contributed by atoms with van der Waals surface area (Å²) >= 11 is 5.95. The van der Waals surface area contributed by atoms with Crippen molar-refractivity contribution in [3.8, 4) is 11.8 Å². The number of halogens is 1. The Labute approximate surface area is 84.9 Å². The zero-order chi connectivity index (χ0) is 9.68. The van der Waals surface area contributed by atoms with Crippen molar-refractivity contribution >= 4 is 11.6 Å². The summed E-state index contributed by atoms with van der Waals surface area (Å²) in [7, 11) is 0. The van der Waals surface area contributed by atoms with Crippen molar-refractivity contribution in [3.63, 3.8) is 0 Å². The molecule has 0 amide bonds. The van der Waals surface area contributed by atoms with E-state index in [2.05, 4.69) is 25.7 Å². The zero-order valence-corrected chi connectivity index (χ0v) is 8.73. The van der Waals surface area contributed by atoms with Gasteiger partial charge in [-0.2, -0.15) is 0 Å². The Morgan fingerprint density at radius 2 is 2.08 bits per heavy atom. The van der Waals surface area contributed by atoms with Gasteiger partial charge < -0.3 is 0 Å². The van der Waals surface area contributed by atoms with E-state index in [1.807, 2.05) is 24.3 Å². The summed E-state index contributed by atoms with van der Waals surface area (Å²) in [6, 6.07) is 7.67. The molecule has 0 bridgehead atoms. The molecule has 0 aromatic heterocycles. The average molecular weight is 193 g/mol. The van der Waals surface area contributed by atoms with E-state index in [0.717, 1.165) is 17.0 Å². The quantitative estimate of drug-likeness (QED) is 0.595. The molecule has 0 fully saturated rings. The lowest BCUT2D eigenvalue weighted by molar-refractivity contribution is 0.723. The van der Waals surface area contributed by atoms with Crippen molar-refractivity contribution in [1.29, 1.82) is 0 Å². The molecule has 0 spiro atoms. The van der Waals surface area contributed by atoms with Crippen molar-refractivity contribution in [3.05, 3.63) is 34.9 Å². The van der Waals surface area contributed by atoms with Crippen LogP contribution in [0.1, 0.15) is 25.8 Å². The second-order valence-electron chi connectivity index (χ2n) is 3.06. The van der Waals surface area contributed by atoms with Crippen molar-refractivity contribution in [1.82, 2.24) is 0 Å². The molecule has 0 N–H and O–H groups in total. The van der Waals surface area contributed by atoms with Gasteiger partial charge in [0, 0.05) is 11.5 Å². The summed E-state index contributed by atoms with van der Waals surface area (Å²) < 4.78 is 0. The minimum atomic E-state index is 0.441. The standard InChI is InChI=1S/C12H13Cl/c1-3-10(2)8-9-11-6-4-5-7-12(11)13/h4-7,10H,3H2,1-2H3. The minimum absolute atomic E-state index is 0.441. The molecule has 0 saturated carbocycles. The van der Waals surface area contributed by atoms with Crippen molar-refractivity contribution in [2.24, 2.45) is 5.92 Å². The molecule has 0 saturated heterocycles. The van der Waals surface area contributed by atoms with E-state index in [1.165, 1.54) is 0 Å². The van der Waals surface area contributed by atoms with Crippen LogP contribution in [0.15, 0.2) is 24.3 Å². The van der Waals surface area contributed by atoms with Gasteiger partial charge in [-0.15, -0.1) is 0 Å². The number of rotatable bonds is 1. The molecule has 68 valence electrons. The highest BCUT2D eigenvalue weighted by molar-refractivity contribution is 6.31. The Morgan fingerprint density at radius 1 is 1.38 bits per heavy atom. The first-order valence-electron chi connectivity index (χ1n) is 4.50. The highest BCUT2D eigenvalue weighted by Gasteiger charge is 1.94. The minimum Gasteiger partial charge on any atom is -0.0947 e. The van der Waals surface area contributed by atoms with Crippen LogP contribution in [-0.2, 0) is 0 Å². The molecule has 1 rings (SSSR count). The van der Waals surface area contributed by atoms with Crippen LogP contribution in [-0.4, -0.2) is 0 Å². The molecule has 0 aliphatic rings. The summed E-state index contributed by atoms with van der Waals surface area (Å²) in [4.78, 5) is 0. The average Bonchev–Trinajstić information content (AvgIpc) is 2.16. The third kappa shape index (κ3) is 3.13. The Kier molecular flexibility index (Phi) is 3.86. The van der Waals surface area contributed by atoms with E-state index in [9.17, 15) is 0 Å². The molecule has 0 radical (unpaired) electrons. The summed E-state index contributed by atoms with van der Waals surface area (Å²) in [5, 5.41) is 0.735. The molecule has 1 unspecified atom stereocenters. The van der Waals surface area contributed by atoms with Gasteiger partial charge in [-0.3, -0.25) is 0 Å². The fourth-order valence-corrected chi connectivity index (χ4v) is 1.05. The maximum Gasteiger partial charge on any atom is 0.0562 e. The number of benzene rings is 1. The number of hydrogen-bond acceptors (Lipinski definition) is 0. The third-order valence-corrected chi connectivity index (χ3v) is 2.27. The third-order valence-electron chi connectivity index (χ3n) is 1.94. The normalized spacial score (nSPS) is 11.6. The van der Waals surface area contributed by atoms with Gasteiger partial charge in [0.15, 0.2) is 0 Å². The second-order valence-corrected chi connectivity index (χ2v) is 3.47. The lowest BCUT2D eigenvalue weighted by Gasteiger charge is -1.96. The largest absolute Gasteiger partial charge is 0.0947 e. The summed E-state index contributed by atoms with van der Waals surface area (Å²) in [5.41, 5.74) is 0.921. The Balaban J connectivity index is 2.83. The second kappa shape index (κ2) is 4.94. The Bertz CT molecular complexity index is 330. The molecule has 1 atom stereocenters. The molecule has 1 aromatic rings. The number of hydrogen-bond donors (Lipinski definition) is 0. The molecule has 0 aliphatic carbocycles. The van der Waals surface area contributed by atoms with Crippen LogP contribution >= 0.6 is 11.6 Å². The lowest BCUT2D eigenvalue weighted by Crippen LogP contribution is -1.85. The van der Waals surface area contributed by atoms with Crippen LogP contribution in [0.3, 0.4) is 0 Å². The van der Waals surface area contributed by atoms with Crippen molar-refractivity contribution < 1.29 is 0 Å². The molecule has 0 aliphatic heterocycles. The van der Waals surface area contributed by atoms with Gasteiger partial charge in [0.25, 0.3) is 0 Å². The lowest BCUT2D eigenvalue weighted by atomic mass is 10.1. The van der Waals surface area contributed by atoms with Crippen molar-refractivity contribution in [2.75, 3.05) is 0 Å². The fourth-order valence-electron chi connectivity index (χ4n) is 0.866. The van der Waals surface area contributed by atoms with Gasteiger partial charge in [-0.05, 0) is 18.6 Å². The fraction of sp³-hybridized carbons (Fsp3) is 0.333. The molecule has 0 nitrogen and oxygen atoms in total. The van der Waals surface area contributed by atoms with Gasteiger partial charge in [-0.25, -0.2) is 0 Å². The van der Waals surface area contributed by atoms with E-state index in [-0.39, 0.29) is 0 Å². The van der Waals surface area contributed by atoms with Gasteiger partial charge in [-0.1, -0.05) is 49.4 Å². The van der Waals surface area contributed by atoms with Crippen LogP contribution in [0.4, 0.5) is 0 Å². The maximum absolute atomic E-state index is 5.95. The highest BCUT2D eigenvalue weighted by atomic mass is 35.5. The van der Waals surface area contributed by atoms with Crippen LogP contribution < -0.4 is 0 Å². The van der Waals surface area contributed by atoms with E-state index < -0.39 is 0 Å². The van der Waals surface area contributed by atoms with Gasteiger partial charge in [0.05, 0.1) is 5.02 Å². The van der Waals surface area contributed by atoms with E-state index in [4.69, 9.17) is 11.6 Å². The van der Waals surface area contributed by atoms with Crippen LogP contribution in [0, 0.1) is 17.8 Å². The van der Waals surface area contributed by atoms with Gasteiger partial charge in [0.1, 0.15) is 0 Å². The molecular weight excluding hydrogens is 180 g/mol. The predicted octanol–water partition coefficient (Wildman–Crippen LogP) is 3.74. The topological polar surface area (TPSA) is 0 Å². The molecular formula is C12H13Cl. The first-order chi connectivity index (χ1) is 6.24. The Morgan fingerprint density at radius 3 is 2.69 bits per heavy atom. The van der Waals surface area contributed by atoms with Crippen LogP contribution in [0.5, 0.6) is 0 Å². The maximum atomic E-state index is 5.95. The SMILES string of the molecule is CCC(C)C#Cc1ccccc1Cl. The van der Waals surface area contributed by atoms with E-state index >= 15 is 0 Å². The molecule has 0 heterocycles. The molecule has 13 heavy (non-hydrogen) atoms. The smallest absolute Gasteiger partial charge is 0.0562 e. The summed E-state index contributed by atoms with van der Waals surface area (Å²) in [6.45, 7) is 4.25. The predicted molar refractivity (Wildman–Crippen MR) is 57.8 cm³/mol. The van der Waals surface area contributed by atoms with Crippen molar-refractivity contribution in [2.45, 2.75) is 20.3 Å². The summed E-state index contributed by atoms with van der Waals surface area (Å²) in [6.07, 6.45) is 1.08. The highest BCUT2D eigenvalue weighted by Crippen LogP contribution is 2.13. The van der Waals surface area contributed by atoms with Crippen LogP contribution in [0.2, 0.25) is 5.02 Å². The van der Waals surface area contributed by atoms with E-state index in [0.29, 0.717) is 5.92 Å².